The third kappa shape index (κ3) is 4.10. The minimum absolute atomic E-state index is 0.196. The Morgan fingerprint density at radius 1 is 1.10 bits per heavy atom. The summed E-state index contributed by atoms with van der Waals surface area (Å²) in [6.45, 7) is 1.25. The Hall–Kier alpha value is -2.34. The minimum Gasteiger partial charge on any atom is -0.394 e. The van der Waals surface area contributed by atoms with Crippen molar-refractivity contribution in [3.05, 3.63) is 63.1 Å². The van der Waals surface area contributed by atoms with Crippen molar-refractivity contribution in [2.75, 3.05) is 11.9 Å². The maximum Gasteiger partial charge on any atom is 0.265 e. The predicted molar refractivity (Wildman–Crippen MR) is 117 cm³/mol. The molecule has 5 atom stereocenters. The maximum atomic E-state index is 13.0. The molecule has 0 aliphatic carbocycles. The molecule has 0 bridgehead atoms. The predicted octanol–water partition coefficient (Wildman–Crippen LogP) is 0.668. The van der Waals surface area contributed by atoms with E-state index in [1.54, 1.807) is 43.3 Å². The molecule has 1 saturated heterocycles. The molecule has 3 aromatic rings. The molecule has 1 aliphatic rings. The number of hydrogen-bond donors (Lipinski definition) is 5. The number of aryl methyl sites for hydroxylation is 1. The lowest BCUT2D eigenvalue weighted by atomic mass is 9.98. The first-order valence-electron chi connectivity index (χ1n) is 9.66. The topological polar surface area (TPSA) is 137 Å². The van der Waals surface area contributed by atoms with Crippen LogP contribution in [0.15, 0.2) is 51.7 Å². The van der Waals surface area contributed by atoms with Crippen LogP contribution in [0.5, 0.6) is 0 Å². The van der Waals surface area contributed by atoms with Gasteiger partial charge < -0.3 is 30.5 Å². The summed E-state index contributed by atoms with van der Waals surface area (Å²) in [6, 6.07) is 12.2. The normalized spacial score (nSPS) is 26.2. The van der Waals surface area contributed by atoms with E-state index in [9.17, 15) is 25.2 Å². The van der Waals surface area contributed by atoms with E-state index in [1.807, 2.05) is 6.07 Å². The van der Waals surface area contributed by atoms with E-state index in [0.29, 0.717) is 28.1 Å². The fraction of sp³-hybridized carbons (Fsp3) is 0.333. The molecule has 164 valence electrons. The van der Waals surface area contributed by atoms with Gasteiger partial charge in [-0.05, 0) is 49.4 Å². The number of aliphatic hydroxyl groups is 4. The molecule has 1 aromatic heterocycles. The van der Waals surface area contributed by atoms with Gasteiger partial charge in [-0.15, -0.1) is 0 Å². The van der Waals surface area contributed by atoms with Crippen molar-refractivity contribution in [2.45, 2.75) is 37.6 Å². The van der Waals surface area contributed by atoms with Crippen LogP contribution in [0.4, 0.5) is 5.69 Å². The number of ether oxygens (including phenoxy) is 1. The van der Waals surface area contributed by atoms with E-state index >= 15 is 0 Å². The summed E-state index contributed by atoms with van der Waals surface area (Å²) in [7, 11) is 0. The lowest BCUT2D eigenvalue weighted by molar-refractivity contribution is -0.221. The fourth-order valence-corrected chi connectivity index (χ4v) is 4.03. The lowest BCUT2D eigenvalue weighted by Crippen LogP contribution is -2.60. The van der Waals surface area contributed by atoms with Crippen molar-refractivity contribution in [1.29, 1.82) is 0 Å². The van der Waals surface area contributed by atoms with E-state index in [-0.39, 0.29) is 5.56 Å². The van der Waals surface area contributed by atoms with Crippen LogP contribution in [0.2, 0.25) is 0 Å². The van der Waals surface area contributed by atoms with Crippen molar-refractivity contribution in [2.24, 2.45) is 0 Å². The minimum atomic E-state index is -1.47. The fourth-order valence-electron chi connectivity index (χ4n) is 3.66. The van der Waals surface area contributed by atoms with Gasteiger partial charge in [0.1, 0.15) is 30.2 Å². The van der Waals surface area contributed by atoms with Crippen LogP contribution < -0.4 is 10.9 Å². The van der Waals surface area contributed by atoms with Gasteiger partial charge in [-0.25, -0.2) is 4.98 Å². The summed E-state index contributed by atoms with van der Waals surface area (Å²) in [6.07, 6.45) is -6.32. The second-order valence-electron chi connectivity index (χ2n) is 7.40. The molecule has 2 heterocycles. The first kappa shape index (κ1) is 21.9. The summed E-state index contributed by atoms with van der Waals surface area (Å²) in [5, 5.41) is 42.7. The Labute approximate surface area is 185 Å². The molecular weight excluding hydrogens is 470 g/mol. The van der Waals surface area contributed by atoms with Crippen molar-refractivity contribution in [3.63, 3.8) is 0 Å². The number of nitrogens with zero attached hydrogens (tertiary/aromatic N) is 2. The van der Waals surface area contributed by atoms with Crippen LogP contribution in [0.1, 0.15) is 5.82 Å². The van der Waals surface area contributed by atoms with Gasteiger partial charge in [0, 0.05) is 10.2 Å². The molecule has 10 heteroatoms. The third-order valence-corrected chi connectivity index (χ3v) is 5.82. The SMILES string of the molecule is Cc1nc2ccc(Br)cc2c(=O)n1-c1ccc(N[C@H]2O[C@@H](CO)[C@@H](O)[C@@H](O)[C@@H]2O)cc1. The molecule has 1 fully saturated rings. The van der Waals surface area contributed by atoms with Crippen LogP contribution in [0, 0.1) is 6.92 Å². The van der Waals surface area contributed by atoms with Gasteiger partial charge in [-0.3, -0.25) is 9.36 Å². The molecule has 0 radical (unpaired) electrons. The van der Waals surface area contributed by atoms with Crippen LogP contribution >= 0.6 is 15.9 Å². The van der Waals surface area contributed by atoms with Crippen molar-refractivity contribution < 1.29 is 25.2 Å². The molecule has 0 spiro atoms. The number of hydrogen-bond acceptors (Lipinski definition) is 8. The maximum absolute atomic E-state index is 13.0. The highest BCUT2D eigenvalue weighted by molar-refractivity contribution is 9.10. The van der Waals surface area contributed by atoms with Crippen LogP contribution in [0.3, 0.4) is 0 Å². The molecule has 31 heavy (non-hydrogen) atoms. The van der Waals surface area contributed by atoms with Crippen molar-refractivity contribution in [1.82, 2.24) is 9.55 Å². The molecule has 2 aromatic carbocycles. The highest BCUT2D eigenvalue weighted by Crippen LogP contribution is 2.24. The molecule has 1 aliphatic heterocycles. The van der Waals surface area contributed by atoms with Gasteiger partial charge in [0.05, 0.1) is 23.2 Å². The zero-order valence-electron chi connectivity index (χ0n) is 16.5. The average Bonchev–Trinajstić information content (AvgIpc) is 2.76. The first-order chi connectivity index (χ1) is 14.8. The Balaban J connectivity index is 1.61. The smallest absolute Gasteiger partial charge is 0.265 e. The largest absolute Gasteiger partial charge is 0.394 e. The Kier molecular flexibility index (Phi) is 6.11. The van der Waals surface area contributed by atoms with Gasteiger partial charge >= 0.3 is 0 Å². The van der Waals surface area contributed by atoms with Gasteiger partial charge in [0.15, 0.2) is 6.23 Å². The molecular formula is C21H22BrN3O6. The highest BCUT2D eigenvalue weighted by Gasteiger charge is 2.43. The number of benzene rings is 2. The average molecular weight is 492 g/mol. The number of anilines is 1. The van der Waals surface area contributed by atoms with E-state index < -0.39 is 37.3 Å². The van der Waals surface area contributed by atoms with Crippen LogP contribution in [-0.2, 0) is 4.74 Å². The second-order valence-corrected chi connectivity index (χ2v) is 8.32. The molecule has 9 nitrogen and oxygen atoms in total. The number of aromatic nitrogens is 2. The summed E-state index contributed by atoms with van der Waals surface area (Å²) in [4.78, 5) is 17.6. The summed E-state index contributed by atoms with van der Waals surface area (Å²) >= 11 is 3.38. The van der Waals surface area contributed by atoms with E-state index in [4.69, 9.17) is 4.74 Å². The van der Waals surface area contributed by atoms with E-state index in [1.165, 1.54) is 4.57 Å². The monoisotopic (exact) mass is 491 g/mol. The van der Waals surface area contributed by atoms with Gasteiger partial charge in [-0.2, -0.15) is 0 Å². The quantitative estimate of drug-likeness (QED) is 0.359. The van der Waals surface area contributed by atoms with Crippen LogP contribution in [0.25, 0.3) is 16.6 Å². The number of halogens is 1. The Morgan fingerprint density at radius 3 is 2.48 bits per heavy atom. The molecule has 0 saturated carbocycles. The number of fused-ring (bicyclic) bond motifs is 1. The Bertz CT molecular complexity index is 1150. The van der Waals surface area contributed by atoms with E-state index in [0.717, 1.165) is 4.47 Å². The van der Waals surface area contributed by atoms with Crippen LogP contribution in [-0.4, -0.2) is 67.2 Å². The summed E-state index contributed by atoms with van der Waals surface area (Å²) in [5.41, 5.74) is 1.58. The standard InChI is InChI=1S/C21H22BrN3O6/c1-10-23-15-7-2-11(22)8-14(15)21(30)25(10)13-5-3-12(4-6-13)24-20-19(29)18(28)17(27)16(9-26)31-20/h2-8,16-20,24,26-29H,9H2,1H3/t16-,17+,18+,19-,20-/m0/s1. The molecule has 0 unspecified atom stereocenters. The van der Waals surface area contributed by atoms with E-state index in [2.05, 4.69) is 26.2 Å². The molecule has 5 N–H and O–H groups in total. The number of aliphatic hydroxyl groups excluding tert-OH is 4. The second kappa shape index (κ2) is 8.65. The molecule has 4 rings (SSSR count). The van der Waals surface area contributed by atoms with Crippen molar-refractivity contribution in [3.8, 4) is 5.69 Å². The highest BCUT2D eigenvalue weighted by atomic mass is 79.9. The van der Waals surface area contributed by atoms with Crippen molar-refractivity contribution >= 4 is 32.5 Å². The zero-order valence-corrected chi connectivity index (χ0v) is 18.1. The number of rotatable bonds is 4. The third-order valence-electron chi connectivity index (χ3n) is 5.32. The van der Waals surface area contributed by atoms with Gasteiger partial charge in [0.25, 0.3) is 5.56 Å². The van der Waals surface area contributed by atoms with Gasteiger partial charge in [-0.1, -0.05) is 15.9 Å². The number of nitrogens with one attached hydrogen (secondary N) is 1. The molecule has 0 amide bonds. The summed E-state index contributed by atoms with van der Waals surface area (Å²) in [5.74, 6) is 0.537. The zero-order chi connectivity index (χ0) is 22.3. The van der Waals surface area contributed by atoms with Gasteiger partial charge in [0.2, 0.25) is 0 Å². The lowest BCUT2D eigenvalue weighted by Gasteiger charge is -2.40. The first-order valence-corrected chi connectivity index (χ1v) is 10.5. The summed E-state index contributed by atoms with van der Waals surface area (Å²) < 4.78 is 7.75. The Morgan fingerprint density at radius 2 is 1.81 bits per heavy atom.